The van der Waals surface area contributed by atoms with Gasteiger partial charge in [0.1, 0.15) is 11.6 Å². The first-order valence-electron chi connectivity index (χ1n) is 10.3. The number of carbonyl (C=O) groups is 1. The first-order valence-corrected chi connectivity index (χ1v) is 11.3. The molecule has 32 heavy (non-hydrogen) atoms. The number of aliphatic hydroxyl groups is 1. The van der Waals surface area contributed by atoms with E-state index in [2.05, 4.69) is 16.7 Å². The molecule has 1 amide bonds. The summed E-state index contributed by atoms with van der Waals surface area (Å²) in [7, 11) is 0. The van der Waals surface area contributed by atoms with Gasteiger partial charge in [0.2, 0.25) is 5.91 Å². The highest BCUT2D eigenvalue weighted by Crippen LogP contribution is 2.32. The quantitative estimate of drug-likeness (QED) is 0.434. The van der Waals surface area contributed by atoms with Crippen molar-refractivity contribution < 1.29 is 14.3 Å². The molecule has 1 saturated heterocycles. The van der Waals surface area contributed by atoms with Gasteiger partial charge in [0.25, 0.3) is 5.89 Å². The summed E-state index contributed by atoms with van der Waals surface area (Å²) in [6.07, 6.45) is 4.27. The van der Waals surface area contributed by atoms with Crippen molar-refractivity contribution in [2.45, 2.75) is 30.0 Å². The zero-order chi connectivity index (χ0) is 22.6. The van der Waals surface area contributed by atoms with Gasteiger partial charge in [0.15, 0.2) is 0 Å². The Kier molecular flexibility index (Phi) is 6.57. The first-order chi connectivity index (χ1) is 15.5. The number of nitrogens with zero attached hydrogens (tertiary/aromatic N) is 4. The second kappa shape index (κ2) is 9.54. The highest BCUT2D eigenvalue weighted by molar-refractivity contribution is 7.99. The molecule has 3 heterocycles. The van der Waals surface area contributed by atoms with Crippen LogP contribution < -0.4 is 5.76 Å². The van der Waals surface area contributed by atoms with Crippen molar-refractivity contribution in [1.29, 1.82) is 0 Å². The van der Waals surface area contributed by atoms with Gasteiger partial charge < -0.3 is 14.4 Å². The number of piperidine rings is 1. The SMILES string of the molecule is C=CCSc1ncccc1-c1nn(CC(=O)N2CCC(O)(c3ccccc3)CC2)c(=O)o1. The normalized spacial score (nSPS) is 15.5. The number of pyridine rings is 1. The molecule has 1 aromatic carbocycles. The van der Waals surface area contributed by atoms with Crippen molar-refractivity contribution >= 4 is 17.7 Å². The molecule has 2 aromatic heterocycles. The van der Waals surface area contributed by atoms with Crippen LogP contribution in [-0.2, 0) is 16.9 Å². The maximum atomic E-state index is 12.8. The standard InChI is InChI=1S/C23H24N4O4S/c1-2-15-32-21-18(9-6-12-24-21)20-25-27(22(29)31-20)16-19(28)26-13-10-23(30,11-14-26)17-7-4-3-5-8-17/h2-9,12,30H,1,10-11,13-16H2. The Morgan fingerprint density at radius 1 is 1.22 bits per heavy atom. The summed E-state index contributed by atoms with van der Waals surface area (Å²) < 4.78 is 6.34. The topological polar surface area (TPSA) is 101 Å². The molecule has 9 heteroatoms. The summed E-state index contributed by atoms with van der Waals surface area (Å²) in [5.74, 6) is -0.165. The Hall–Kier alpha value is -3.17. The number of amides is 1. The average Bonchev–Trinajstić information content (AvgIpc) is 3.18. The molecule has 1 aliphatic heterocycles. The number of rotatable bonds is 7. The van der Waals surface area contributed by atoms with Crippen LogP contribution in [0.4, 0.5) is 0 Å². The van der Waals surface area contributed by atoms with Crippen molar-refractivity contribution in [3.8, 4) is 11.5 Å². The molecule has 0 unspecified atom stereocenters. The Morgan fingerprint density at radius 2 is 1.97 bits per heavy atom. The molecule has 0 radical (unpaired) electrons. The fraction of sp³-hybridized carbons (Fsp3) is 0.304. The summed E-state index contributed by atoms with van der Waals surface area (Å²) in [5.41, 5.74) is 0.495. The minimum absolute atomic E-state index is 0.125. The molecule has 1 N–H and O–H groups in total. The highest BCUT2D eigenvalue weighted by Gasteiger charge is 2.35. The van der Waals surface area contributed by atoms with Gasteiger partial charge in [0.05, 0.1) is 11.2 Å². The van der Waals surface area contributed by atoms with E-state index < -0.39 is 11.4 Å². The Balaban J connectivity index is 1.44. The third-order valence-electron chi connectivity index (χ3n) is 5.49. The van der Waals surface area contributed by atoms with Gasteiger partial charge in [-0.1, -0.05) is 36.4 Å². The lowest BCUT2D eigenvalue weighted by molar-refractivity contribution is -0.136. The van der Waals surface area contributed by atoms with E-state index in [1.54, 1.807) is 29.3 Å². The fourth-order valence-electron chi connectivity index (χ4n) is 3.71. The molecule has 0 bridgehead atoms. The third-order valence-corrected chi connectivity index (χ3v) is 6.49. The molecule has 1 fully saturated rings. The van der Waals surface area contributed by atoms with Crippen molar-refractivity contribution in [1.82, 2.24) is 19.7 Å². The average molecular weight is 453 g/mol. The van der Waals surface area contributed by atoms with Crippen LogP contribution in [0.5, 0.6) is 0 Å². The van der Waals surface area contributed by atoms with Crippen LogP contribution in [0.15, 0.2) is 75.6 Å². The molecule has 1 aliphatic rings. The number of hydrogen-bond donors (Lipinski definition) is 1. The first kappa shape index (κ1) is 22.0. The summed E-state index contributed by atoms with van der Waals surface area (Å²) >= 11 is 1.45. The number of thioether (sulfide) groups is 1. The Labute approximate surface area is 189 Å². The van der Waals surface area contributed by atoms with E-state index in [1.165, 1.54) is 11.8 Å². The maximum Gasteiger partial charge on any atom is 0.437 e. The van der Waals surface area contributed by atoms with Crippen LogP contribution in [0.1, 0.15) is 18.4 Å². The van der Waals surface area contributed by atoms with E-state index in [0.717, 1.165) is 10.2 Å². The van der Waals surface area contributed by atoms with Crippen LogP contribution >= 0.6 is 11.8 Å². The van der Waals surface area contributed by atoms with Gasteiger partial charge in [-0.25, -0.2) is 9.78 Å². The highest BCUT2D eigenvalue weighted by atomic mass is 32.2. The summed E-state index contributed by atoms with van der Waals surface area (Å²) in [5, 5.41) is 15.8. The Morgan fingerprint density at radius 3 is 2.69 bits per heavy atom. The lowest BCUT2D eigenvalue weighted by Gasteiger charge is -2.38. The molecular weight excluding hydrogens is 428 g/mol. The second-order valence-electron chi connectivity index (χ2n) is 7.56. The van der Waals surface area contributed by atoms with Gasteiger partial charge in [-0.05, 0) is 30.5 Å². The molecule has 3 aromatic rings. The van der Waals surface area contributed by atoms with Gasteiger partial charge in [-0.3, -0.25) is 4.79 Å². The van der Waals surface area contributed by atoms with Crippen molar-refractivity contribution in [2.75, 3.05) is 18.8 Å². The van der Waals surface area contributed by atoms with Crippen molar-refractivity contribution in [3.63, 3.8) is 0 Å². The maximum absolute atomic E-state index is 12.8. The molecule has 4 rings (SSSR count). The van der Waals surface area contributed by atoms with Gasteiger partial charge in [-0.15, -0.1) is 23.4 Å². The van der Waals surface area contributed by atoms with Crippen LogP contribution in [-0.4, -0.2) is 49.5 Å². The van der Waals surface area contributed by atoms with Gasteiger partial charge >= 0.3 is 5.76 Å². The summed E-state index contributed by atoms with van der Waals surface area (Å²) in [4.78, 5) is 31.1. The zero-order valence-electron chi connectivity index (χ0n) is 17.5. The van der Waals surface area contributed by atoms with Gasteiger partial charge in [-0.2, -0.15) is 4.68 Å². The van der Waals surface area contributed by atoms with Crippen LogP contribution in [0.3, 0.4) is 0 Å². The largest absolute Gasteiger partial charge is 0.437 e. The number of benzene rings is 1. The van der Waals surface area contributed by atoms with E-state index in [0.29, 0.717) is 42.3 Å². The van der Waals surface area contributed by atoms with E-state index in [9.17, 15) is 14.7 Å². The monoisotopic (exact) mass is 452 g/mol. The molecule has 8 nitrogen and oxygen atoms in total. The predicted molar refractivity (Wildman–Crippen MR) is 121 cm³/mol. The third kappa shape index (κ3) is 4.68. The summed E-state index contributed by atoms with van der Waals surface area (Å²) in [6.45, 7) is 4.27. The fourth-order valence-corrected chi connectivity index (χ4v) is 4.43. The number of aromatic nitrogens is 3. The molecule has 0 aliphatic carbocycles. The van der Waals surface area contributed by atoms with E-state index in [-0.39, 0.29) is 18.3 Å². The van der Waals surface area contributed by atoms with Gasteiger partial charge in [0, 0.05) is 25.0 Å². The summed E-state index contributed by atoms with van der Waals surface area (Å²) in [6, 6.07) is 13.0. The van der Waals surface area contributed by atoms with E-state index in [1.807, 2.05) is 30.3 Å². The predicted octanol–water partition coefficient (Wildman–Crippen LogP) is 2.69. The number of hydrogen-bond acceptors (Lipinski definition) is 7. The minimum atomic E-state index is -0.949. The second-order valence-corrected chi connectivity index (χ2v) is 8.57. The van der Waals surface area contributed by atoms with Crippen LogP contribution in [0.2, 0.25) is 0 Å². The van der Waals surface area contributed by atoms with Crippen molar-refractivity contribution in [3.05, 3.63) is 77.4 Å². The zero-order valence-corrected chi connectivity index (χ0v) is 18.3. The van der Waals surface area contributed by atoms with Crippen molar-refractivity contribution in [2.24, 2.45) is 0 Å². The van der Waals surface area contributed by atoms with E-state index >= 15 is 0 Å². The number of likely N-dealkylation sites (tertiary alicyclic amines) is 1. The lowest BCUT2D eigenvalue weighted by atomic mass is 9.84. The number of carbonyl (C=O) groups excluding carboxylic acids is 1. The van der Waals surface area contributed by atoms with Crippen LogP contribution in [0, 0.1) is 0 Å². The molecule has 0 atom stereocenters. The smallest absolute Gasteiger partial charge is 0.387 e. The van der Waals surface area contributed by atoms with E-state index in [4.69, 9.17) is 4.42 Å². The van der Waals surface area contributed by atoms with Crippen LogP contribution in [0.25, 0.3) is 11.5 Å². The molecule has 0 spiro atoms. The molecule has 166 valence electrons. The lowest BCUT2D eigenvalue weighted by Crippen LogP contribution is -2.46. The Bertz CT molecular complexity index is 1150. The minimum Gasteiger partial charge on any atom is -0.387 e. The molecule has 0 saturated carbocycles. The molecular formula is C23H24N4O4S.